The molecule has 19 heavy (non-hydrogen) atoms. The van der Waals surface area contributed by atoms with E-state index in [0.717, 1.165) is 21.3 Å². The quantitative estimate of drug-likeness (QED) is 0.943. The van der Waals surface area contributed by atoms with Gasteiger partial charge in [-0.1, -0.05) is 0 Å². The van der Waals surface area contributed by atoms with E-state index in [4.69, 9.17) is 10.5 Å². The zero-order chi connectivity index (χ0) is 14.0. The molecule has 2 aromatic rings. The molecule has 0 atom stereocenters. The van der Waals surface area contributed by atoms with Gasteiger partial charge in [0.15, 0.2) is 0 Å². The average Bonchev–Trinajstić information content (AvgIpc) is 2.35. The summed E-state index contributed by atoms with van der Waals surface area (Å²) in [6.07, 6.45) is 3.32. The number of hydrogen-bond acceptors (Lipinski definition) is 3. The number of carbonyl (C=O) groups is 1. The first-order chi connectivity index (χ1) is 8.99. The lowest BCUT2D eigenvalue weighted by Gasteiger charge is -2.13. The van der Waals surface area contributed by atoms with E-state index in [9.17, 15) is 4.79 Å². The Labute approximate surface area is 119 Å². The normalized spacial score (nSPS) is 10.3. The van der Waals surface area contributed by atoms with Gasteiger partial charge in [0.25, 0.3) is 0 Å². The molecular formula is C14H13BrN2O2. The van der Waals surface area contributed by atoms with Gasteiger partial charge in [-0.25, -0.2) is 0 Å². The van der Waals surface area contributed by atoms with E-state index >= 15 is 0 Å². The highest BCUT2D eigenvalue weighted by atomic mass is 79.9. The van der Waals surface area contributed by atoms with E-state index in [-0.39, 0.29) is 0 Å². The summed E-state index contributed by atoms with van der Waals surface area (Å²) in [4.78, 5) is 15.2. The highest BCUT2D eigenvalue weighted by Gasteiger charge is 2.11. The van der Waals surface area contributed by atoms with Gasteiger partial charge in [0.05, 0.1) is 4.47 Å². The molecule has 0 aliphatic heterocycles. The van der Waals surface area contributed by atoms with Gasteiger partial charge in [-0.3, -0.25) is 9.78 Å². The molecule has 1 amide bonds. The number of rotatable bonds is 3. The Bertz CT molecular complexity index is 618. The molecule has 2 N–H and O–H groups in total. The molecule has 0 saturated heterocycles. The number of carbonyl (C=O) groups excluding carboxylic acids is 1. The second kappa shape index (κ2) is 5.40. The van der Waals surface area contributed by atoms with Crippen LogP contribution in [0.1, 0.15) is 21.5 Å². The first kappa shape index (κ1) is 13.5. The fourth-order valence-corrected chi connectivity index (χ4v) is 2.14. The molecule has 0 fully saturated rings. The van der Waals surface area contributed by atoms with Gasteiger partial charge < -0.3 is 10.5 Å². The third kappa shape index (κ3) is 2.93. The number of aromatic nitrogens is 1. The standard InChI is InChI=1S/C14H13BrN2O2/c1-8-5-10(14(16)18)6-9(2)13(8)19-12-3-4-17-7-11(12)15/h3-7H,1-2H3,(H2,16,18). The summed E-state index contributed by atoms with van der Waals surface area (Å²) < 4.78 is 6.64. The van der Waals surface area contributed by atoms with Crippen molar-refractivity contribution in [2.24, 2.45) is 5.73 Å². The molecule has 0 spiro atoms. The zero-order valence-electron chi connectivity index (χ0n) is 10.6. The molecule has 5 heteroatoms. The third-order valence-corrected chi connectivity index (χ3v) is 3.29. The Balaban J connectivity index is 2.42. The molecule has 2 rings (SSSR count). The van der Waals surface area contributed by atoms with Gasteiger partial charge in [0.2, 0.25) is 5.91 Å². The number of aryl methyl sites for hydroxylation is 2. The van der Waals surface area contributed by atoms with E-state index in [1.807, 2.05) is 13.8 Å². The smallest absolute Gasteiger partial charge is 0.248 e. The molecule has 0 aliphatic carbocycles. The van der Waals surface area contributed by atoms with Crippen molar-refractivity contribution < 1.29 is 9.53 Å². The van der Waals surface area contributed by atoms with Crippen LogP contribution in [0, 0.1) is 13.8 Å². The monoisotopic (exact) mass is 320 g/mol. The lowest BCUT2D eigenvalue weighted by Crippen LogP contribution is -2.11. The maximum absolute atomic E-state index is 11.2. The number of nitrogens with zero attached hydrogens (tertiary/aromatic N) is 1. The minimum Gasteiger partial charge on any atom is -0.456 e. The van der Waals surface area contributed by atoms with E-state index in [1.54, 1.807) is 30.6 Å². The van der Waals surface area contributed by atoms with Crippen LogP contribution in [-0.4, -0.2) is 10.9 Å². The van der Waals surface area contributed by atoms with E-state index in [1.165, 1.54) is 0 Å². The van der Waals surface area contributed by atoms with Crippen molar-refractivity contribution in [1.29, 1.82) is 0 Å². The minimum absolute atomic E-state index is 0.442. The molecule has 0 unspecified atom stereocenters. The third-order valence-electron chi connectivity index (χ3n) is 2.69. The van der Waals surface area contributed by atoms with Gasteiger partial charge in [-0.05, 0) is 53.0 Å². The molecule has 0 saturated carbocycles. The van der Waals surface area contributed by atoms with Crippen LogP contribution in [0.5, 0.6) is 11.5 Å². The summed E-state index contributed by atoms with van der Waals surface area (Å²) >= 11 is 3.38. The molecule has 0 aliphatic rings. The molecule has 1 heterocycles. The van der Waals surface area contributed by atoms with Crippen LogP contribution in [0.3, 0.4) is 0 Å². The van der Waals surface area contributed by atoms with Crippen molar-refractivity contribution in [1.82, 2.24) is 4.98 Å². The summed E-state index contributed by atoms with van der Waals surface area (Å²) in [5.41, 5.74) is 7.48. The Morgan fingerprint density at radius 1 is 1.32 bits per heavy atom. The first-order valence-corrected chi connectivity index (χ1v) is 6.46. The van der Waals surface area contributed by atoms with Crippen LogP contribution in [-0.2, 0) is 0 Å². The number of ether oxygens (including phenoxy) is 1. The van der Waals surface area contributed by atoms with Gasteiger partial charge >= 0.3 is 0 Å². The Morgan fingerprint density at radius 3 is 2.47 bits per heavy atom. The number of benzene rings is 1. The number of halogens is 1. The van der Waals surface area contributed by atoms with Crippen molar-refractivity contribution in [3.05, 3.63) is 51.8 Å². The zero-order valence-corrected chi connectivity index (χ0v) is 12.2. The first-order valence-electron chi connectivity index (χ1n) is 5.67. The number of hydrogen-bond donors (Lipinski definition) is 1. The maximum atomic E-state index is 11.2. The van der Waals surface area contributed by atoms with Crippen LogP contribution in [0.2, 0.25) is 0 Å². The van der Waals surface area contributed by atoms with E-state index in [0.29, 0.717) is 11.3 Å². The second-order valence-corrected chi connectivity index (χ2v) is 5.07. The number of nitrogens with two attached hydrogens (primary N) is 1. The predicted octanol–water partition coefficient (Wildman–Crippen LogP) is 3.35. The molecule has 0 bridgehead atoms. The fourth-order valence-electron chi connectivity index (χ4n) is 1.81. The van der Waals surface area contributed by atoms with Gasteiger partial charge in [-0.15, -0.1) is 0 Å². The predicted molar refractivity (Wildman–Crippen MR) is 76.4 cm³/mol. The Kier molecular flexibility index (Phi) is 3.85. The van der Waals surface area contributed by atoms with Crippen molar-refractivity contribution >= 4 is 21.8 Å². The largest absolute Gasteiger partial charge is 0.456 e. The van der Waals surface area contributed by atoms with Crippen LogP contribution >= 0.6 is 15.9 Å². The summed E-state index contributed by atoms with van der Waals surface area (Å²) in [5.74, 6) is 0.952. The molecule has 98 valence electrons. The number of primary amides is 1. The van der Waals surface area contributed by atoms with Crippen LogP contribution < -0.4 is 10.5 Å². The van der Waals surface area contributed by atoms with E-state index in [2.05, 4.69) is 20.9 Å². The topological polar surface area (TPSA) is 65.2 Å². The van der Waals surface area contributed by atoms with Gasteiger partial charge in [-0.2, -0.15) is 0 Å². The molecule has 1 aromatic carbocycles. The second-order valence-electron chi connectivity index (χ2n) is 4.21. The van der Waals surface area contributed by atoms with Crippen LogP contribution in [0.25, 0.3) is 0 Å². The van der Waals surface area contributed by atoms with Gasteiger partial charge in [0, 0.05) is 24.0 Å². The summed E-state index contributed by atoms with van der Waals surface area (Å²) in [6, 6.07) is 5.21. The van der Waals surface area contributed by atoms with Crippen molar-refractivity contribution in [3.63, 3.8) is 0 Å². The number of pyridine rings is 1. The molecule has 4 nitrogen and oxygen atoms in total. The van der Waals surface area contributed by atoms with Crippen LogP contribution in [0.4, 0.5) is 0 Å². The average molecular weight is 321 g/mol. The molecular weight excluding hydrogens is 308 g/mol. The Hall–Kier alpha value is -1.88. The fraction of sp³-hybridized carbons (Fsp3) is 0.143. The molecule has 1 aromatic heterocycles. The van der Waals surface area contributed by atoms with Gasteiger partial charge in [0.1, 0.15) is 11.5 Å². The summed E-state index contributed by atoms with van der Waals surface area (Å²) in [6.45, 7) is 3.76. The lowest BCUT2D eigenvalue weighted by molar-refractivity contribution is 0.1000. The van der Waals surface area contributed by atoms with Crippen molar-refractivity contribution in [3.8, 4) is 11.5 Å². The maximum Gasteiger partial charge on any atom is 0.248 e. The lowest BCUT2D eigenvalue weighted by atomic mass is 10.1. The summed E-state index contributed by atoms with van der Waals surface area (Å²) in [5, 5.41) is 0. The van der Waals surface area contributed by atoms with E-state index < -0.39 is 5.91 Å². The van der Waals surface area contributed by atoms with Crippen molar-refractivity contribution in [2.45, 2.75) is 13.8 Å². The van der Waals surface area contributed by atoms with Crippen LogP contribution in [0.15, 0.2) is 35.1 Å². The highest BCUT2D eigenvalue weighted by Crippen LogP contribution is 2.33. The van der Waals surface area contributed by atoms with Crippen molar-refractivity contribution in [2.75, 3.05) is 0 Å². The highest BCUT2D eigenvalue weighted by molar-refractivity contribution is 9.10. The Morgan fingerprint density at radius 2 is 1.95 bits per heavy atom. The minimum atomic E-state index is -0.442. The summed E-state index contributed by atoms with van der Waals surface area (Å²) in [7, 11) is 0. The number of amides is 1. The molecule has 0 radical (unpaired) electrons. The SMILES string of the molecule is Cc1cc(C(N)=O)cc(C)c1Oc1ccncc1Br.